The molecule has 0 aliphatic heterocycles. The number of carboxylic acid groups (broad SMARTS) is 1. The topological polar surface area (TPSA) is 70.1 Å². The van der Waals surface area contributed by atoms with Gasteiger partial charge >= 0.3 is 12.0 Å². The quantitative estimate of drug-likeness (QED) is 0.717. The predicted octanol–water partition coefficient (Wildman–Crippen LogP) is 1.65. The lowest BCUT2D eigenvalue weighted by Gasteiger charge is -2.38. The standard InChI is InChI=1S/C13H26N2O4/c1-13(2,3)15(9-7-11(16)17)12(18)14(4)8-6-10-19-5/h6-10H2,1-5H3,(H,16,17). The summed E-state index contributed by atoms with van der Waals surface area (Å²) in [5.74, 6) is -0.899. The van der Waals surface area contributed by atoms with Gasteiger partial charge in [-0.25, -0.2) is 4.79 Å². The molecule has 6 heteroatoms. The van der Waals surface area contributed by atoms with Crippen molar-refractivity contribution in [2.45, 2.75) is 39.2 Å². The first-order chi connectivity index (χ1) is 8.70. The van der Waals surface area contributed by atoms with E-state index in [0.717, 1.165) is 6.42 Å². The van der Waals surface area contributed by atoms with Crippen LogP contribution in [0.2, 0.25) is 0 Å². The van der Waals surface area contributed by atoms with E-state index < -0.39 is 11.5 Å². The Bertz CT molecular complexity index is 300. The third-order valence-electron chi connectivity index (χ3n) is 2.76. The zero-order valence-electron chi connectivity index (χ0n) is 12.6. The minimum absolute atomic E-state index is 0.0467. The van der Waals surface area contributed by atoms with Gasteiger partial charge in [-0.2, -0.15) is 0 Å². The van der Waals surface area contributed by atoms with Crippen molar-refractivity contribution in [3.63, 3.8) is 0 Å². The SMILES string of the molecule is COCCCN(C)C(=O)N(CCC(=O)O)C(C)(C)C. The first kappa shape index (κ1) is 17.7. The number of rotatable bonds is 7. The molecule has 19 heavy (non-hydrogen) atoms. The molecular weight excluding hydrogens is 248 g/mol. The third kappa shape index (κ3) is 7.00. The van der Waals surface area contributed by atoms with Crippen molar-refractivity contribution in [2.24, 2.45) is 0 Å². The molecule has 0 fully saturated rings. The highest BCUT2D eigenvalue weighted by Crippen LogP contribution is 2.16. The molecule has 6 nitrogen and oxygen atoms in total. The van der Waals surface area contributed by atoms with Crippen LogP contribution in [-0.4, -0.2) is 66.3 Å². The summed E-state index contributed by atoms with van der Waals surface area (Å²) >= 11 is 0. The summed E-state index contributed by atoms with van der Waals surface area (Å²) in [7, 11) is 3.34. The van der Waals surface area contributed by atoms with E-state index in [1.807, 2.05) is 20.8 Å². The van der Waals surface area contributed by atoms with E-state index in [1.54, 1.807) is 24.0 Å². The zero-order chi connectivity index (χ0) is 15.1. The lowest BCUT2D eigenvalue weighted by atomic mass is 10.1. The summed E-state index contributed by atoms with van der Waals surface area (Å²) in [5.41, 5.74) is -0.401. The van der Waals surface area contributed by atoms with Gasteiger partial charge in [0.25, 0.3) is 0 Å². The molecule has 0 bridgehead atoms. The lowest BCUT2D eigenvalue weighted by molar-refractivity contribution is -0.137. The number of hydrogen-bond acceptors (Lipinski definition) is 3. The summed E-state index contributed by atoms with van der Waals surface area (Å²) in [5, 5.41) is 8.75. The van der Waals surface area contributed by atoms with Gasteiger partial charge in [-0.3, -0.25) is 4.79 Å². The van der Waals surface area contributed by atoms with Crippen LogP contribution in [0.5, 0.6) is 0 Å². The molecule has 0 unspecified atom stereocenters. The Morgan fingerprint density at radius 2 is 1.79 bits per heavy atom. The summed E-state index contributed by atoms with van der Waals surface area (Å²) in [6.07, 6.45) is 0.713. The van der Waals surface area contributed by atoms with E-state index in [2.05, 4.69) is 0 Å². The van der Waals surface area contributed by atoms with Crippen LogP contribution >= 0.6 is 0 Å². The minimum atomic E-state index is -0.899. The van der Waals surface area contributed by atoms with Crippen molar-refractivity contribution in [3.8, 4) is 0 Å². The largest absolute Gasteiger partial charge is 0.481 e. The monoisotopic (exact) mass is 274 g/mol. The van der Waals surface area contributed by atoms with E-state index in [-0.39, 0.29) is 19.0 Å². The highest BCUT2D eigenvalue weighted by atomic mass is 16.5. The van der Waals surface area contributed by atoms with Gasteiger partial charge in [-0.1, -0.05) is 0 Å². The predicted molar refractivity (Wildman–Crippen MR) is 73.2 cm³/mol. The number of urea groups is 1. The fourth-order valence-electron chi connectivity index (χ4n) is 1.67. The van der Waals surface area contributed by atoms with Gasteiger partial charge in [0.2, 0.25) is 0 Å². The van der Waals surface area contributed by atoms with Crippen LogP contribution in [0.15, 0.2) is 0 Å². The number of carboxylic acids is 1. The average molecular weight is 274 g/mol. The number of amides is 2. The molecule has 0 aromatic rings. The molecule has 0 saturated heterocycles. The molecule has 1 N–H and O–H groups in total. The van der Waals surface area contributed by atoms with E-state index in [1.165, 1.54) is 0 Å². The molecule has 0 aromatic carbocycles. The van der Waals surface area contributed by atoms with E-state index in [9.17, 15) is 9.59 Å². The van der Waals surface area contributed by atoms with Crippen LogP contribution in [0.1, 0.15) is 33.6 Å². The number of methoxy groups -OCH3 is 1. The van der Waals surface area contributed by atoms with Gasteiger partial charge in [0, 0.05) is 39.4 Å². The molecule has 0 aliphatic carbocycles. The second-order valence-electron chi connectivity index (χ2n) is 5.52. The molecular formula is C13H26N2O4. The van der Waals surface area contributed by atoms with E-state index >= 15 is 0 Å². The van der Waals surface area contributed by atoms with Gasteiger partial charge < -0.3 is 19.6 Å². The van der Waals surface area contributed by atoms with Crippen LogP contribution in [0.3, 0.4) is 0 Å². The number of carbonyl (C=O) groups is 2. The maximum Gasteiger partial charge on any atom is 0.320 e. The molecule has 0 saturated carbocycles. The van der Waals surface area contributed by atoms with E-state index in [4.69, 9.17) is 9.84 Å². The molecule has 0 radical (unpaired) electrons. The zero-order valence-corrected chi connectivity index (χ0v) is 12.6. The van der Waals surface area contributed by atoms with Crippen LogP contribution in [0.4, 0.5) is 4.79 Å². The van der Waals surface area contributed by atoms with Gasteiger partial charge in [0.1, 0.15) is 0 Å². The number of carbonyl (C=O) groups excluding carboxylic acids is 1. The van der Waals surface area contributed by atoms with Crippen molar-refractivity contribution in [1.82, 2.24) is 9.80 Å². The number of nitrogens with zero attached hydrogens (tertiary/aromatic N) is 2. The second-order valence-corrected chi connectivity index (χ2v) is 5.52. The number of hydrogen-bond donors (Lipinski definition) is 1. The molecule has 0 rings (SSSR count). The molecule has 0 heterocycles. The second kappa shape index (κ2) is 7.99. The van der Waals surface area contributed by atoms with Crippen LogP contribution in [-0.2, 0) is 9.53 Å². The van der Waals surface area contributed by atoms with Crippen LogP contribution in [0, 0.1) is 0 Å². The van der Waals surface area contributed by atoms with Crippen molar-refractivity contribution in [1.29, 1.82) is 0 Å². The first-order valence-corrected chi connectivity index (χ1v) is 6.43. The average Bonchev–Trinajstić information content (AvgIpc) is 2.26. The highest BCUT2D eigenvalue weighted by Gasteiger charge is 2.28. The molecule has 0 aromatic heterocycles. The van der Waals surface area contributed by atoms with Gasteiger partial charge in [-0.15, -0.1) is 0 Å². The molecule has 112 valence electrons. The molecule has 0 aliphatic rings. The normalized spacial score (nSPS) is 11.2. The number of ether oxygens (including phenoxy) is 1. The Labute approximate surface area is 115 Å². The van der Waals surface area contributed by atoms with Crippen molar-refractivity contribution < 1.29 is 19.4 Å². The number of aliphatic carboxylic acids is 1. The summed E-state index contributed by atoms with van der Waals surface area (Å²) in [4.78, 5) is 26.2. The van der Waals surface area contributed by atoms with Crippen LogP contribution in [0.25, 0.3) is 0 Å². The van der Waals surface area contributed by atoms with Crippen molar-refractivity contribution in [2.75, 3.05) is 33.9 Å². The van der Waals surface area contributed by atoms with Gasteiger partial charge in [0.15, 0.2) is 0 Å². The molecule has 2 amide bonds. The summed E-state index contributed by atoms with van der Waals surface area (Å²) in [6.45, 7) is 7.10. The summed E-state index contributed by atoms with van der Waals surface area (Å²) < 4.78 is 4.95. The highest BCUT2D eigenvalue weighted by molar-refractivity contribution is 5.76. The van der Waals surface area contributed by atoms with Crippen LogP contribution < -0.4 is 0 Å². The lowest BCUT2D eigenvalue weighted by Crippen LogP contribution is -2.51. The molecule has 0 spiro atoms. The fraction of sp³-hybridized carbons (Fsp3) is 0.846. The van der Waals surface area contributed by atoms with Crippen molar-refractivity contribution in [3.05, 3.63) is 0 Å². The fourth-order valence-corrected chi connectivity index (χ4v) is 1.67. The molecule has 0 atom stereocenters. The first-order valence-electron chi connectivity index (χ1n) is 6.43. The van der Waals surface area contributed by atoms with E-state index in [0.29, 0.717) is 13.2 Å². The van der Waals surface area contributed by atoms with Gasteiger partial charge in [0.05, 0.1) is 6.42 Å². The maximum atomic E-state index is 12.3. The third-order valence-corrected chi connectivity index (χ3v) is 2.76. The van der Waals surface area contributed by atoms with Crippen molar-refractivity contribution >= 4 is 12.0 Å². The minimum Gasteiger partial charge on any atom is -0.481 e. The Hall–Kier alpha value is -1.30. The Kier molecular flexibility index (Phi) is 7.44. The summed E-state index contributed by atoms with van der Waals surface area (Å²) in [6, 6.07) is -0.148. The Morgan fingerprint density at radius 1 is 1.21 bits per heavy atom. The smallest absolute Gasteiger partial charge is 0.320 e. The Balaban J connectivity index is 4.57. The Morgan fingerprint density at radius 3 is 2.21 bits per heavy atom. The van der Waals surface area contributed by atoms with Gasteiger partial charge in [-0.05, 0) is 27.2 Å². The maximum absolute atomic E-state index is 12.3.